The van der Waals surface area contributed by atoms with Gasteiger partial charge in [-0.1, -0.05) is 0 Å². The molecule has 0 N–H and O–H groups in total. The van der Waals surface area contributed by atoms with Gasteiger partial charge in [0.15, 0.2) is 5.82 Å². The van der Waals surface area contributed by atoms with Gasteiger partial charge in [-0.05, 0) is 16.5 Å². The maximum atomic E-state index is 12.7. The van der Waals surface area contributed by atoms with E-state index in [2.05, 4.69) is 15.5 Å². The molecule has 0 atom stereocenters. The van der Waals surface area contributed by atoms with E-state index in [9.17, 15) is 23.3 Å². The number of aromatic nitrogens is 4. The van der Waals surface area contributed by atoms with E-state index in [1.807, 2.05) is 0 Å². The van der Waals surface area contributed by atoms with Crippen molar-refractivity contribution in [1.29, 1.82) is 0 Å². The van der Waals surface area contributed by atoms with Crippen molar-refractivity contribution in [1.82, 2.24) is 20.2 Å². The normalized spacial score (nSPS) is 11.6. The van der Waals surface area contributed by atoms with E-state index in [0.29, 0.717) is 6.07 Å². The van der Waals surface area contributed by atoms with Gasteiger partial charge in [-0.3, -0.25) is 10.1 Å². The molecule has 7 nitrogen and oxygen atoms in total. The zero-order valence-corrected chi connectivity index (χ0v) is 9.42. The molecule has 0 aliphatic carbocycles. The molecule has 0 amide bonds. The molecule has 0 saturated carbocycles. The van der Waals surface area contributed by atoms with E-state index in [1.54, 1.807) is 0 Å². The number of halogens is 3. The minimum Gasteiger partial charge on any atom is -0.258 e. The van der Waals surface area contributed by atoms with Crippen LogP contribution in [0.3, 0.4) is 0 Å². The Labute approximate surface area is 103 Å². The SMILES string of the molecule is Cn1nnnc1-c1cc([N+](=O)[O-])cc(C(F)(F)F)c1. The zero-order chi connectivity index (χ0) is 14.2. The minimum atomic E-state index is -4.69. The molecule has 1 heterocycles. The quantitative estimate of drug-likeness (QED) is 0.615. The Morgan fingerprint density at radius 2 is 2.00 bits per heavy atom. The van der Waals surface area contributed by atoms with Crippen LogP contribution in [0.4, 0.5) is 18.9 Å². The summed E-state index contributed by atoms with van der Waals surface area (Å²) in [5.41, 5.74) is -1.87. The lowest BCUT2D eigenvalue weighted by Crippen LogP contribution is -2.07. The second kappa shape index (κ2) is 4.30. The number of nitro benzene ring substituents is 1. The van der Waals surface area contributed by atoms with Crippen molar-refractivity contribution in [3.05, 3.63) is 33.9 Å². The molecule has 0 aliphatic rings. The van der Waals surface area contributed by atoms with Gasteiger partial charge in [-0.15, -0.1) is 5.10 Å². The molecule has 1 aromatic heterocycles. The highest BCUT2D eigenvalue weighted by Crippen LogP contribution is 2.34. The number of nitrogens with zero attached hydrogens (tertiary/aromatic N) is 5. The lowest BCUT2D eigenvalue weighted by atomic mass is 10.1. The average Bonchev–Trinajstić information content (AvgIpc) is 2.73. The third-order valence-corrected chi connectivity index (χ3v) is 2.33. The number of benzene rings is 1. The Morgan fingerprint density at radius 3 is 2.47 bits per heavy atom. The van der Waals surface area contributed by atoms with Gasteiger partial charge in [-0.25, -0.2) is 4.68 Å². The molecule has 0 unspecified atom stereocenters. The van der Waals surface area contributed by atoms with Crippen LogP contribution in [0.5, 0.6) is 0 Å². The summed E-state index contributed by atoms with van der Waals surface area (Å²) >= 11 is 0. The maximum Gasteiger partial charge on any atom is 0.416 e. The van der Waals surface area contributed by atoms with E-state index >= 15 is 0 Å². The van der Waals surface area contributed by atoms with Crippen LogP contribution in [0.1, 0.15) is 5.56 Å². The predicted molar refractivity (Wildman–Crippen MR) is 55.9 cm³/mol. The monoisotopic (exact) mass is 273 g/mol. The summed E-state index contributed by atoms with van der Waals surface area (Å²) in [7, 11) is 1.42. The molecule has 0 spiro atoms. The van der Waals surface area contributed by atoms with Crippen LogP contribution >= 0.6 is 0 Å². The van der Waals surface area contributed by atoms with Crippen LogP contribution in [0.2, 0.25) is 0 Å². The number of hydrogen-bond donors (Lipinski definition) is 0. The van der Waals surface area contributed by atoms with Gasteiger partial charge in [0.25, 0.3) is 5.69 Å². The molecule has 2 rings (SSSR count). The summed E-state index contributed by atoms with van der Waals surface area (Å²) in [4.78, 5) is 9.77. The van der Waals surface area contributed by atoms with Crippen molar-refractivity contribution < 1.29 is 18.1 Å². The largest absolute Gasteiger partial charge is 0.416 e. The van der Waals surface area contributed by atoms with Crippen LogP contribution in [0, 0.1) is 10.1 Å². The van der Waals surface area contributed by atoms with E-state index in [-0.39, 0.29) is 11.4 Å². The first-order chi connectivity index (χ1) is 8.79. The topological polar surface area (TPSA) is 86.7 Å². The Balaban J connectivity index is 2.65. The van der Waals surface area contributed by atoms with Crippen LogP contribution in [0.15, 0.2) is 18.2 Å². The molecule has 0 aliphatic heterocycles. The van der Waals surface area contributed by atoms with Crippen molar-refractivity contribution in [2.75, 3.05) is 0 Å². The van der Waals surface area contributed by atoms with Gasteiger partial charge in [-0.2, -0.15) is 13.2 Å². The standard InChI is InChI=1S/C9H6F3N5O2/c1-16-8(13-14-15-16)5-2-6(9(10,11)12)4-7(3-5)17(18)19/h2-4H,1H3. The van der Waals surface area contributed by atoms with Gasteiger partial charge < -0.3 is 0 Å². The number of non-ortho nitro benzene ring substituents is 1. The summed E-state index contributed by atoms with van der Waals surface area (Å²) in [5.74, 6) is 0.00852. The molecule has 0 saturated heterocycles. The van der Waals surface area contributed by atoms with E-state index < -0.39 is 22.4 Å². The van der Waals surface area contributed by atoms with Crippen molar-refractivity contribution in [3.63, 3.8) is 0 Å². The van der Waals surface area contributed by atoms with Crippen LogP contribution in [-0.4, -0.2) is 25.1 Å². The smallest absolute Gasteiger partial charge is 0.258 e. The summed E-state index contributed by atoms with van der Waals surface area (Å²) in [5, 5.41) is 20.9. The maximum absolute atomic E-state index is 12.7. The molecule has 2 aromatic rings. The number of hydrogen-bond acceptors (Lipinski definition) is 5. The van der Waals surface area contributed by atoms with Gasteiger partial charge in [0.1, 0.15) is 0 Å². The van der Waals surface area contributed by atoms with Crippen molar-refractivity contribution in [2.45, 2.75) is 6.18 Å². The lowest BCUT2D eigenvalue weighted by Gasteiger charge is -2.08. The van der Waals surface area contributed by atoms with Gasteiger partial charge in [0.2, 0.25) is 0 Å². The van der Waals surface area contributed by atoms with Gasteiger partial charge >= 0.3 is 6.18 Å². The fraction of sp³-hybridized carbons (Fsp3) is 0.222. The Bertz CT molecular complexity index is 637. The third-order valence-electron chi connectivity index (χ3n) is 2.33. The summed E-state index contributed by atoms with van der Waals surface area (Å²) in [6.07, 6.45) is -4.69. The molecule has 0 fully saturated rings. The Morgan fingerprint density at radius 1 is 1.32 bits per heavy atom. The van der Waals surface area contributed by atoms with Crippen molar-refractivity contribution in [3.8, 4) is 11.4 Å². The minimum absolute atomic E-state index is 0.00852. The number of alkyl halides is 3. The zero-order valence-electron chi connectivity index (χ0n) is 9.42. The van der Waals surface area contributed by atoms with E-state index in [0.717, 1.165) is 16.8 Å². The Hall–Kier alpha value is -2.52. The molecular weight excluding hydrogens is 267 g/mol. The highest BCUT2D eigenvalue weighted by atomic mass is 19.4. The predicted octanol–water partition coefficient (Wildman–Crippen LogP) is 1.80. The number of aryl methyl sites for hydroxylation is 1. The van der Waals surface area contributed by atoms with Crippen LogP contribution in [-0.2, 0) is 13.2 Å². The molecule has 1 aromatic carbocycles. The van der Waals surface area contributed by atoms with Gasteiger partial charge in [0.05, 0.1) is 10.5 Å². The van der Waals surface area contributed by atoms with Gasteiger partial charge in [0, 0.05) is 24.7 Å². The fourth-order valence-electron chi connectivity index (χ4n) is 1.48. The van der Waals surface area contributed by atoms with Crippen molar-refractivity contribution >= 4 is 5.69 Å². The van der Waals surface area contributed by atoms with Crippen molar-refractivity contribution in [2.24, 2.45) is 7.05 Å². The second-order valence-electron chi connectivity index (χ2n) is 3.65. The highest BCUT2D eigenvalue weighted by molar-refractivity contribution is 5.61. The molecule has 10 heteroatoms. The number of rotatable bonds is 2. The third kappa shape index (κ3) is 2.51. The second-order valence-corrected chi connectivity index (χ2v) is 3.65. The lowest BCUT2D eigenvalue weighted by molar-refractivity contribution is -0.385. The summed E-state index contributed by atoms with van der Waals surface area (Å²) in [6, 6.07) is 2.22. The molecule has 0 radical (unpaired) electrons. The fourth-order valence-corrected chi connectivity index (χ4v) is 1.48. The molecule has 19 heavy (non-hydrogen) atoms. The number of nitro groups is 1. The van der Waals surface area contributed by atoms with E-state index in [1.165, 1.54) is 7.05 Å². The first-order valence-corrected chi connectivity index (χ1v) is 4.88. The molecular formula is C9H6F3N5O2. The van der Waals surface area contributed by atoms with E-state index in [4.69, 9.17) is 0 Å². The first-order valence-electron chi connectivity index (χ1n) is 4.88. The average molecular weight is 273 g/mol. The number of tetrazole rings is 1. The van der Waals surface area contributed by atoms with Crippen LogP contribution in [0.25, 0.3) is 11.4 Å². The van der Waals surface area contributed by atoms with Crippen LogP contribution < -0.4 is 0 Å². The molecule has 100 valence electrons. The Kier molecular flexibility index (Phi) is 2.92. The molecule has 0 bridgehead atoms. The highest BCUT2D eigenvalue weighted by Gasteiger charge is 2.33. The summed E-state index contributed by atoms with van der Waals surface area (Å²) < 4.78 is 39.1. The first kappa shape index (κ1) is 12.9. The summed E-state index contributed by atoms with van der Waals surface area (Å²) in [6.45, 7) is 0.